The predicted octanol–water partition coefficient (Wildman–Crippen LogP) is 0.819. The highest BCUT2D eigenvalue weighted by Crippen LogP contribution is 2.12. The van der Waals surface area contributed by atoms with Gasteiger partial charge in [0.1, 0.15) is 0 Å². The van der Waals surface area contributed by atoms with Gasteiger partial charge in [0.2, 0.25) is 0 Å². The fourth-order valence-electron chi connectivity index (χ4n) is 0.508. The van der Waals surface area contributed by atoms with E-state index < -0.39 is 0 Å². The second kappa shape index (κ2) is 2.89. The summed E-state index contributed by atoms with van der Waals surface area (Å²) in [6.45, 7) is 2.08. The first kappa shape index (κ1) is 6.64. The SMILES string of the molecule is CNC(C)c1cnns1. The van der Waals surface area contributed by atoms with Gasteiger partial charge in [0.05, 0.1) is 11.1 Å². The van der Waals surface area contributed by atoms with Gasteiger partial charge in [-0.3, -0.25) is 0 Å². The molecular formula is C5H9N3S. The molecule has 1 atom stereocenters. The average Bonchev–Trinajstić information content (AvgIpc) is 2.37. The normalized spacial score (nSPS) is 13.6. The smallest absolute Gasteiger partial charge is 0.0669 e. The Balaban J connectivity index is 2.65. The van der Waals surface area contributed by atoms with Crippen LogP contribution in [-0.4, -0.2) is 16.6 Å². The van der Waals surface area contributed by atoms with E-state index in [2.05, 4.69) is 21.8 Å². The van der Waals surface area contributed by atoms with Crippen LogP contribution in [0.2, 0.25) is 0 Å². The van der Waals surface area contributed by atoms with E-state index in [0.717, 1.165) is 0 Å². The van der Waals surface area contributed by atoms with Gasteiger partial charge in [-0.15, -0.1) is 5.10 Å². The van der Waals surface area contributed by atoms with Crippen LogP contribution in [0.15, 0.2) is 6.20 Å². The third kappa shape index (κ3) is 1.46. The van der Waals surface area contributed by atoms with Gasteiger partial charge in [0.15, 0.2) is 0 Å². The summed E-state index contributed by atoms with van der Waals surface area (Å²) in [6.07, 6.45) is 1.78. The standard InChI is InChI=1S/C5H9N3S/c1-4(6-2)5-3-7-8-9-5/h3-4,6H,1-2H3. The Morgan fingerprint density at radius 2 is 2.56 bits per heavy atom. The molecule has 0 spiro atoms. The van der Waals surface area contributed by atoms with E-state index in [-0.39, 0.29) is 0 Å². The highest BCUT2D eigenvalue weighted by atomic mass is 32.1. The molecule has 0 fully saturated rings. The van der Waals surface area contributed by atoms with Gasteiger partial charge in [-0.2, -0.15) is 0 Å². The maximum atomic E-state index is 3.74. The fraction of sp³-hybridized carbons (Fsp3) is 0.600. The van der Waals surface area contributed by atoms with Crippen molar-refractivity contribution >= 4 is 11.5 Å². The second-order valence-corrected chi connectivity index (χ2v) is 2.65. The number of aromatic nitrogens is 2. The zero-order chi connectivity index (χ0) is 6.69. The van der Waals surface area contributed by atoms with Crippen molar-refractivity contribution in [3.8, 4) is 0 Å². The Labute approximate surface area is 58.3 Å². The Hall–Kier alpha value is -0.480. The van der Waals surface area contributed by atoms with Gasteiger partial charge in [-0.05, 0) is 25.5 Å². The molecule has 0 saturated carbocycles. The van der Waals surface area contributed by atoms with Crippen LogP contribution >= 0.6 is 11.5 Å². The lowest BCUT2D eigenvalue weighted by Gasteiger charge is -2.03. The highest BCUT2D eigenvalue weighted by Gasteiger charge is 2.02. The van der Waals surface area contributed by atoms with Crippen LogP contribution < -0.4 is 5.32 Å². The first-order chi connectivity index (χ1) is 4.34. The third-order valence-electron chi connectivity index (χ3n) is 1.24. The molecule has 50 valence electrons. The summed E-state index contributed by atoms with van der Waals surface area (Å²) in [6, 6.07) is 0.380. The molecule has 1 aromatic heterocycles. The first-order valence-electron chi connectivity index (χ1n) is 2.79. The minimum Gasteiger partial charge on any atom is -0.312 e. The minimum absolute atomic E-state index is 0.380. The van der Waals surface area contributed by atoms with Gasteiger partial charge in [0, 0.05) is 6.04 Å². The predicted molar refractivity (Wildman–Crippen MR) is 37.4 cm³/mol. The van der Waals surface area contributed by atoms with Crippen molar-refractivity contribution in [3.63, 3.8) is 0 Å². The summed E-state index contributed by atoms with van der Waals surface area (Å²) in [7, 11) is 1.92. The largest absolute Gasteiger partial charge is 0.312 e. The number of nitrogens with zero attached hydrogens (tertiary/aromatic N) is 2. The fourth-order valence-corrected chi connectivity index (χ4v) is 1.07. The lowest BCUT2D eigenvalue weighted by atomic mass is 10.3. The summed E-state index contributed by atoms with van der Waals surface area (Å²) >= 11 is 1.43. The van der Waals surface area contributed by atoms with Gasteiger partial charge >= 0.3 is 0 Å². The molecule has 0 aliphatic rings. The first-order valence-corrected chi connectivity index (χ1v) is 3.56. The van der Waals surface area contributed by atoms with E-state index in [9.17, 15) is 0 Å². The van der Waals surface area contributed by atoms with Crippen LogP contribution in [0.1, 0.15) is 17.8 Å². The Morgan fingerprint density at radius 1 is 1.78 bits per heavy atom. The molecule has 1 N–H and O–H groups in total. The Bertz CT molecular complexity index is 161. The maximum Gasteiger partial charge on any atom is 0.0669 e. The van der Waals surface area contributed by atoms with E-state index in [1.807, 2.05) is 7.05 Å². The van der Waals surface area contributed by atoms with Crippen LogP contribution in [0.3, 0.4) is 0 Å². The van der Waals surface area contributed by atoms with Crippen molar-refractivity contribution in [2.75, 3.05) is 7.05 Å². The van der Waals surface area contributed by atoms with E-state index in [4.69, 9.17) is 0 Å². The summed E-state index contributed by atoms with van der Waals surface area (Å²) in [4.78, 5) is 1.18. The molecule has 1 aromatic rings. The molecule has 1 heterocycles. The van der Waals surface area contributed by atoms with Crippen LogP contribution in [0.5, 0.6) is 0 Å². The van der Waals surface area contributed by atoms with Crippen molar-refractivity contribution in [2.45, 2.75) is 13.0 Å². The molecule has 0 bridgehead atoms. The molecule has 3 nitrogen and oxygen atoms in total. The number of hydrogen-bond acceptors (Lipinski definition) is 4. The van der Waals surface area contributed by atoms with Crippen molar-refractivity contribution in [2.24, 2.45) is 0 Å². The van der Waals surface area contributed by atoms with E-state index in [0.29, 0.717) is 6.04 Å². The lowest BCUT2D eigenvalue weighted by molar-refractivity contribution is 0.662. The summed E-state index contributed by atoms with van der Waals surface area (Å²) in [5, 5.41) is 6.82. The van der Waals surface area contributed by atoms with Crippen molar-refractivity contribution in [1.82, 2.24) is 14.9 Å². The summed E-state index contributed by atoms with van der Waals surface area (Å²) < 4.78 is 3.74. The number of rotatable bonds is 2. The zero-order valence-corrected chi connectivity index (χ0v) is 6.27. The molecular weight excluding hydrogens is 134 g/mol. The summed E-state index contributed by atoms with van der Waals surface area (Å²) in [5.74, 6) is 0. The topological polar surface area (TPSA) is 37.8 Å². The monoisotopic (exact) mass is 143 g/mol. The number of nitrogens with one attached hydrogen (secondary N) is 1. The Kier molecular flexibility index (Phi) is 2.13. The molecule has 0 saturated heterocycles. The van der Waals surface area contributed by atoms with Crippen LogP contribution in [0, 0.1) is 0 Å². The summed E-state index contributed by atoms with van der Waals surface area (Å²) in [5.41, 5.74) is 0. The van der Waals surface area contributed by atoms with E-state index >= 15 is 0 Å². The quantitative estimate of drug-likeness (QED) is 0.666. The van der Waals surface area contributed by atoms with Crippen molar-refractivity contribution < 1.29 is 0 Å². The van der Waals surface area contributed by atoms with Gasteiger partial charge < -0.3 is 5.32 Å². The maximum absolute atomic E-state index is 3.74. The van der Waals surface area contributed by atoms with Gasteiger partial charge in [-0.1, -0.05) is 4.49 Å². The highest BCUT2D eigenvalue weighted by molar-refractivity contribution is 7.05. The number of hydrogen-bond donors (Lipinski definition) is 1. The molecule has 0 aliphatic carbocycles. The second-order valence-electron chi connectivity index (χ2n) is 1.83. The van der Waals surface area contributed by atoms with Gasteiger partial charge in [0.25, 0.3) is 0 Å². The molecule has 9 heavy (non-hydrogen) atoms. The molecule has 4 heteroatoms. The van der Waals surface area contributed by atoms with Crippen LogP contribution in [-0.2, 0) is 0 Å². The lowest BCUT2D eigenvalue weighted by Crippen LogP contribution is -2.10. The van der Waals surface area contributed by atoms with Crippen molar-refractivity contribution in [1.29, 1.82) is 0 Å². The zero-order valence-electron chi connectivity index (χ0n) is 5.46. The van der Waals surface area contributed by atoms with Crippen LogP contribution in [0.4, 0.5) is 0 Å². The van der Waals surface area contributed by atoms with E-state index in [1.165, 1.54) is 16.4 Å². The minimum atomic E-state index is 0.380. The Morgan fingerprint density at radius 3 is 3.00 bits per heavy atom. The van der Waals surface area contributed by atoms with E-state index in [1.54, 1.807) is 6.20 Å². The van der Waals surface area contributed by atoms with Gasteiger partial charge in [-0.25, -0.2) is 0 Å². The molecule has 0 aliphatic heterocycles. The van der Waals surface area contributed by atoms with Crippen molar-refractivity contribution in [3.05, 3.63) is 11.1 Å². The molecule has 0 aromatic carbocycles. The molecule has 0 amide bonds. The molecule has 0 radical (unpaired) electrons. The molecule has 1 unspecified atom stereocenters. The molecule has 1 rings (SSSR count). The average molecular weight is 143 g/mol. The van der Waals surface area contributed by atoms with Crippen LogP contribution in [0.25, 0.3) is 0 Å². The third-order valence-corrected chi connectivity index (χ3v) is 2.08.